The zero-order chi connectivity index (χ0) is 13.0. The van der Waals surface area contributed by atoms with Gasteiger partial charge < -0.3 is 16.4 Å². The molecule has 1 aromatic heterocycles. The normalized spacial score (nSPS) is 16.5. The van der Waals surface area contributed by atoms with E-state index < -0.39 is 0 Å². The third kappa shape index (κ3) is 3.39. The molecule has 0 aromatic carbocycles. The van der Waals surface area contributed by atoms with Gasteiger partial charge in [-0.2, -0.15) is 0 Å². The molecule has 0 unspecified atom stereocenters. The molecule has 2 rings (SSSR count). The van der Waals surface area contributed by atoms with Crippen LogP contribution in [0.5, 0.6) is 0 Å². The molecule has 0 bridgehead atoms. The molecule has 0 spiro atoms. The van der Waals surface area contributed by atoms with Crippen molar-refractivity contribution in [3.8, 4) is 0 Å². The summed E-state index contributed by atoms with van der Waals surface area (Å²) in [5.41, 5.74) is 5.81. The van der Waals surface area contributed by atoms with Gasteiger partial charge in [-0.05, 0) is 47.8 Å². The summed E-state index contributed by atoms with van der Waals surface area (Å²) in [6.45, 7) is 2.69. The second-order valence-corrected chi connectivity index (χ2v) is 5.14. The van der Waals surface area contributed by atoms with Gasteiger partial charge in [0.1, 0.15) is 4.60 Å². The van der Waals surface area contributed by atoms with E-state index in [1.165, 1.54) is 6.20 Å². The molecule has 0 radical (unpaired) electrons. The lowest BCUT2D eigenvalue weighted by molar-refractivity contribution is 0.0939. The van der Waals surface area contributed by atoms with E-state index in [1.807, 2.05) is 0 Å². The van der Waals surface area contributed by atoms with E-state index in [0.717, 1.165) is 25.9 Å². The zero-order valence-corrected chi connectivity index (χ0v) is 11.5. The van der Waals surface area contributed by atoms with Crippen LogP contribution in [0.3, 0.4) is 0 Å². The highest BCUT2D eigenvalue weighted by molar-refractivity contribution is 9.10. The number of amides is 1. The monoisotopic (exact) mass is 313 g/mol. The number of carbonyl (C=O) groups is 1. The summed E-state index contributed by atoms with van der Waals surface area (Å²) >= 11 is 3.17. The van der Waals surface area contributed by atoms with Crippen molar-refractivity contribution < 1.29 is 4.79 Å². The van der Waals surface area contributed by atoms with Crippen molar-refractivity contribution in [2.75, 3.05) is 25.4 Å². The molecular formula is C11H16BrN5O. The number of halogens is 1. The average molecular weight is 314 g/mol. The minimum Gasteiger partial charge on any atom is -0.382 e. The second-order valence-electron chi connectivity index (χ2n) is 4.33. The summed E-state index contributed by atoms with van der Waals surface area (Å²) in [6, 6.07) is 0. The Morgan fingerprint density at radius 1 is 1.56 bits per heavy atom. The summed E-state index contributed by atoms with van der Waals surface area (Å²) < 4.78 is 0.503. The van der Waals surface area contributed by atoms with Gasteiger partial charge in [0.05, 0.1) is 6.20 Å². The first-order valence-corrected chi connectivity index (χ1v) is 6.73. The number of rotatable bonds is 3. The molecule has 2 heterocycles. The van der Waals surface area contributed by atoms with Gasteiger partial charge in [0.15, 0.2) is 11.5 Å². The van der Waals surface area contributed by atoms with E-state index in [-0.39, 0.29) is 17.4 Å². The molecular weight excluding hydrogens is 298 g/mol. The highest BCUT2D eigenvalue weighted by atomic mass is 79.9. The average Bonchev–Trinajstić information content (AvgIpc) is 2.40. The SMILES string of the molecule is Nc1ncc(Br)nc1C(=O)NCC1CCNCC1. The summed E-state index contributed by atoms with van der Waals surface area (Å²) in [7, 11) is 0. The molecule has 0 atom stereocenters. The number of hydrogen-bond acceptors (Lipinski definition) is 5. The van der Waals surface area contributed by atoms with Gasteiger partial charge in [-0.25, -0.2) is 9.97 Å². The Morgan fingerprint density at radius 3 is 3.00 bits per heavy atom. The predicted octanol–water partition coefficient (Wildman–Crippen LogP) is 0.551. The number of hydrogen-bond donors (Lipinski definition) is 3. The summed E-state index contributed by atoms with van der Waals surface area (Å²) in [5.74, 6) is 0.414. The maximum atomic E-state index is 11.9. The smallest absolute Gasteiger partial charge is 0.273 e. The van der Waals surface area contributed by atoms with E-state index in [0.29, 0.717) is 17.1 Å². The molecule has 98 valence electrons. The minimum absolute atomic E-state index is 0.154. The molecule has 0 saturated carbocycles. The predicted molar refractivity (Wildman–Crippen MR) is 72.1 cm³/mol. The molecule has 6 nitrogen and oxygen atoms in total. The Bertz CT molecular complexity index is 433. The number of nitrogen functional groups attached to an aromatic ring is 1. The molecule has 18 heavy (non-hydrogen) atoms. The quantitative estimate of drug-likeness (QED) is 0.758. The van der Waals surface area contributed by atoms with Gasteiger partial charge in [-0.1, -0.05) is 0 Å². The minimum atomic E-state index is -0.264. The fourth-order valence-electron chi connectivity index (χ4n) is 1.95. The lowest BCUT2D eigenvalue weighted by Gasteiger charge is -2.22. The summed E-state index contributed by atoms with van der Waals surface area (Å²) in [4.78, 5) is 19.9. The van der Waals surface area contributed by atoms with Gasteiger partial charge in [-0.3, -0.25) is 4.79 Å². The molecule has 0 aliphatic carbocycles. The van der Waals surface area contributed by atoms with Crippen LogP contribution in [0, 0.1) is 5.92 Å². The van der Waals surface area contributed by atoms with Crippen LogP contribution in [0.15, 0.2) is 10.8 Å². The third-order valence-corrected chi connectivity index (χ3v) is 3.38. The van der Waals surface area contributed by atoms with Crippen LogP contribution >= 0.6 is 15.9 Å². The van der Waals surface area contributed by atoms with E-state index in [1.54, 1.807) is 0 Å². The number of nitrogens with zero attached hydrogens (tertiary/aromatic N) is 2. The van der Waals surface area contributed by atoms with Gasteiger partial charge in [0.25, 0.3) is 5.91 Å². The van der Waals surface area contributed by atoms with Crippen molar-refractivity contribution >= 4 is 27.7 Å². The van der Waals surface area contributed by atoms with Crippen molar-refractivity contribution in [1.29, 1.82) is 0 Å². The van der Waals surface area contributed by atoms with Gasteiger partial charge >= 0.3 is 0 Å². The topological polar surface area (TPSA) is 92.9 Å². The van der Waals surface area contributed by atoms with E-state index in [9.17, 15) is 4.79 Å². The highest BCUT2D eigenvalue weighted by Gasteiger charge is 2.17. The molecule has 1 amide bonds. The van der Waals surface area contributed by atoms with Crippen molar-refractivity contribution in [1.82, 2.24) is 20.6 Å². The number of aromatic nitrogens is 2. The maximum Gasteiger partial charge on any atom is 0.273 e. The van der Waals surface area contributed by atoms with Crippen molar-refractivity contribution in [3.05, 3.63) is 16.5 Å². The fraction of sp³-hybridized carbons (Fsp3) is 0.545. The van der Waals surface area contributed by atoms with Gasteiger partial charge in [0, 0.05) is 6.54 Å². The largest absolute Gasteiger partial charge is 0.382 e. The van der Waals surface area contributed by atoms with Crippen LogP contribution in [0.1, 0.15) is 23.3 Å². The fourth-order valence-corrected chi connectivity index (χ4v) is 2.23. The molecule has 1 fully saturated rings. The molecule has 1 saturated heterocycles. The first-order valence-electron chi connectivity index (χ1n) is 5.93. The molecule has 1 aliphatic heterocycles. The number of anilines is 1. The molecule has 4 N–H and O–H groups in total. The Morgan fingerprint density at radius 2 is 2.28 bits per heavy atom. The summed E-state index contributed by atoms with van der Waals surface area (Å²) in [5, 5.41) is 6.16. The Labute approximate surface area is 114 Å². The highest BCUT2D eigenvalue weighted by Crippen LogP contribution is 2.12. The van der Waals surface area contributed by atoms with Crippen LogP contribution in [0.25, 0.3) is 0 Å². The number of carbonyl (C=O) groups excluding carboxylic acids is 1. The Balaban J connectivity index is 1.92. The summed E-state index contributed by atoms with van der Waals surface area (Å²) in [6.07, 6.45) is 3.64. The van der Waals surface area contributed by atoms with Crippen LogP contribution < -0.4 is 16.4 Å². The molecule has 1 aromatic rings. The van der Waals surface area contributed by atoms with Gasteiger partial charge in [0.2, 0.25) is 0 Å². The van der Waals surface area contributed by atoms with Crippen LogP contribution in [0.2, 0.25) is 0 Å². The van der Waals surface area contributed by atoms with E-state index in [2.05, 4.69) is 36.5 Å². The molecule has 7 heteroatoms. The number of nitrogens with two attached hydrogens (primary N) is 1. The standard InChI is InChI=1S/C11H16BrN5O/c12-8-6-15-10(13)9(17-8)11(18)16-5-7-1-3-14-4-2-7/h6-7,14H,1-5H2,(H2,13,15)(H,16,18). The maximum absolute atomic E-state index is 11.9. The number of piperidine rings is 1. The number of nitrogens with one attached hydrogen (secondary N) is 2. The Kier molecular flexibility index (Phi) is 4.48. The van der Waals surface area contributed by atoms with Crippen molar-refractivity contribution in [2.24, 2.45) is 5.92 Å². The van der Waals surface area contributed by atoms with E-state index >= 15 is 0 Å². The van der Waals surface area contributed by atoms with Gasteiger partial charge in [-0.15, -0.1) is 0 Å². The first-order chi connectivity index (χ1) is 8.66. The van der Waals surface area contributed by atoms with E-state index in [4.69, 9.17) is 5.73 Å². The zero-order valence-electron chi connectivity index (χ0n) is 9.95. The Hall–Kier alpha value is -1.21. The second kappa shape index (κ2) is 6.10. The van der Waals surface area contributed by atoms with Crippen molar-refractivity contribution in [3.63, 3.8) is 0 Å². The lowest BCUT2D eigenvalue weighted by atomic mass is 9.98. The van der Waals surface area contributed by atoms with Crippen LogP contribution in [-0.4, -0.2) is 35.5 Å². The first kappa shape index (κ1) is 13.2. The van der Waals surface area contributed by atoms with Crippen molar-refractivity contribution in [2.45, 2.75) is 12.8 Å². The lowest BCUT2D eigenvalue weighted by Crippen LogP contribution is -2.36. The van der Waals surface area contributed by atoms with Crippen LogP contribution in [0.4, 0.5) is 5.82 Å². The molecule has 1 aliphatic rings. The third-order valence-electron chi connectivity index (χ3n) is 3.00. The van der Waals surface area contributed by atoms with Crippen LogP contribution in [-0.2, 0) is 0 Å².